The van der Waals surface area contributed by atoms with Crippen molar-refractivity contribution in [2.45, 2.75) is 19.8 Å². The van der Waals surface area contributed by atoms with Gasteiger partial charge in [0.25, 0.3) is 0 Å². The number of guanidine groups is 1. The van der Waals surface area contributed by atoms with Gasteiger partial charge in [-0.05, 0) is 33.4 Å². The first-order valence-electron chi connectivity index (χ1n) is 10.8. The lowest BCUT2D eigenvalue weighted by Gasteiger charge is -2.35. The van der Waals surface area contributed by atoms with E-state index in [1.807, 2.05) is 18.1 Å². The van der Waals surface area contributed by atoms with E-state index in [1.54, 1.807) is 10.9 Å². The number of piperazine rings is 2. The highest BCUT2D eigenvalue weighted by atomic mass is 127. The van der Waals surface area contributed by atoms with Crippen molar-refractivity contribution in [3.63, 3.8) is 0 Å². The van der Waals surface area contributed by atoms with Crippen LogP contribution in [0.5, 0.6) is 0 Å². The molecule has 170 valence electrons. The smallest absolute Gasteiger partial charge is 0.246 e. The molecule has 2 saturated heterocycles. The van der Waals surface area contributed by atoms with Gasteiger partial charge in [0.05, 0.1) is 11.9 Å². The monoisotopic (exact) mass is 532 g/mol. The second-order valence-electron chi connectivity index (χ2n) is 7.93. The Labute approximate surface area is 197 Å². The van der Waals surface area contributed by atoms with Crippen LogP contribution in [0.15, 0.2) is 17.4 Å². The summed E-state index contributed by atoms with van der Waals surface area (Å²) in [7, 11) is 4.06. The Balaban J connectivity index is 0.00000320. The van der Waals surface area contributed by atoms with Gasteiger partial charge in [-0.3, -0.25) is 14.5 Å². The third kappa shape index (κ3) is 7.09. The van der Waals surface area contributed by atoms with E-state index in [0.29, 0.717) is 13.1 Å². The number of anilines is 1. The Kier molecular flexibility index (Phi) is 10.3. The molecule has 0 radical (unpaired) electrons. The first kappa shape index (κ1) is 24.9. The molecule has 0 aromatic carbocycles. The van der Waals surface area contributed by atoms with Crippen LogP contribution < -0.4 is 10.2 Å². The van der Waals surface area contributed by atoms with E-state index < -0.39 is 0 Å². The van der Waals surface area contributed by atoms with Crippen LogP contribution in [0.25, 0.3) is 0 Å². The van der Waals surface area contributed by atoms with E-state index in [0.717, 1.165) is 44.2 Å². The largest absolute Gasteiger partial charge is 0.357 e. The maximum Gasteiger partial charge on any atom is 0.246 e. The lowest BCUT2D eigenvalue weighted by molar-refractivity contribution is -0.120. The Morgan fingerprint density at radius 3 is 2.53 bits per heavy atom. The highest BCUT2D eigenvalue weighted by Crippen LogP contribution is 2.16. The second-order valence-corrected chi connectivity index (χ2v) is 7.93. The van der Waals surface area contributed by atoms with E-state index in [4.69, 9.17) is 4.99 Å². The molecule has 2 aliphatic heterocycles. The van der Waals surface area contributed by atoms with Gasteiger partial charge in [0.1, 0.15) is 6.54 Å². The van der Waals surface area contributed by atoms with Crippen LogP contribution in [0.4, 0.5) is 5.69 Å². The van der Waals surface area contributed by atoms with Crippen LogP contribution in [0.3, 0.4) is 0 Å². The van der Waals surface area contributed by atoms with Gasteiger partial charge in [0, 0.05) is 65.6 Å². The number of carbonyl (C=O) groups is 1. The van der Waals surface area contributed by atoms with Gasteiger partial charge in [0.2, 0.25) is 5.91 Å². The zero-order valence-electron chi connectivity index (χ0n) is 18.6. The number of nitrogens with one attached hydrogen (secondary N) is 1. The molecule has 0 bridgehead atoms. The number of hydrogen-bond donors (Lipinski definition) is 1. The van der Waals surface area contributed by atoms with Crippen molar-refractivity contribution in [2.24, 2.45) is 12.0 Å². The standard InChI is InChI=1S/C20H36N8O.HI/c1-4-21-20(22-7-5-6-8-26-11-9-24(2)10-12-26)27-13-14-28(19(29)17-27)18-15-23-25(3)16-18;/h15-16H,4-14,17H2,1-3H3,(H,21,22);1H. The number of likely N-dealkylation sites (N-methyl/N-ethyl adjacent to an activating group) is 1. The maximum atomic E-state index is 12.7. The van der Waals surface area contributed by atoms with Crippen molar-refractivity contribution in [1.82, 2.24) is 29.8 Å². The summed E-state index contributed by atoms with van der Waals surface area (Å²) in [4.78, 5) is 26.3. The number of aryl methyl sites for hydroxylation is 1. The summed E-state index contributed by atoms with van der Waals surface area (Å²) in [6.07, 6.45) is 5.87. The number of unbranched alkanes of at least 4 members (excludes halogenated alkanes) is 1. The van der Waals surface area contributed by atoms with Crippen molar-refractivity contribution >= 4 is 41.5 Å². The lowest BCUT2D eigenvalue weighted by Crippen LogP contribution is -2.55. The van der Waals surface area contributed by atoms with Crippen molar-refractivity contribution < 1.29 is 4.79 Å². The molecule has 3 heterocycles. The van der Waals surface area contributed by atoms with E-state index in [2.05, 4.69) is 39.1 Å². The summed E-state index contributed by atoms with van der Waals surface area (Å²) in [5, 5.41) is 7.52. The van der Waals surface area contributed by atoms with Gasteiger partial charge in [-0.15, -0.1) is 24.0 Å². The number of aliphatic imine (C=N–C) groups is 1. The quantitative estimate of drug-likeness (QED) is 0.241. The summed E-state index contributed by atoms with van der Waals surface area (Å²) in [6.45, 7) is 11.3. The fraction of sp³-hybridized carbons (Fsp3) is 0.750. The Hall–Kier alpha value is -1.40. The van der Waals surface area contributed by atoms with Crippen molar-refractivity contribution in [1.29, 1.82) is 0 Å². The number of hydrogen-bond acceptors (Lipinski definition) is 5. The predicted octanol–water partition coefficient (Wildman–Crippen LogP) is 0.680. The molecule has 2 aliphatic rings. The molecule has 1 N–H and O–H groups in total. The average molecular weight is 532 g/mol. The highest BCUT2D eigenvalue weighted by Gasteiger charge is 2.27. The molecule has 3 rings (SSSR count). The third-order valence-corrected chi connectivity index (χ3v) is 5.60. The van der Waals surface area contributed by atoms with Crippen LogP contribution in [0.2, 0.25) is 0 Å². The highest BCUT2D eigenvalue weighted by molar-refractivity contribution is 14.0. The van der Waals surface area contributed by atoms with Crippen LogP contribution >= 0.6 is 24.0 Å². The van der Waals surface area contributed by atoms with Crippen molar-refractivity contribution in [2.75, 3.05) is 77.4 Å². The zero-order chi connectivity index (χ0) is 20.6. The van der Waals surface area contributed by atoms with Gasteiger partial charge in [0.15, 0.2) is 5.96 Å². The van der Waals surface area contributed by atoms with E-state index in [9.17, 15) is 4.79 Å². The molecule has 0 aliphatic carbocycles. The first-order valence-corrected chi connectivity index (χ1v) is 10.8. The van der Waals surface area contributed by atoms with Crippen molar-refractivity contribution in [3.05, 3.63) is 12.4 Å². The minimum atomic E-state index is 0. The molecule has 2 fully saturated rings. The minimum Gasteiger partial charge on any atom is -0.357 e. The zero-order valence-corrected chi connectivity index (χ0v) is 20.9. The second kappa shape index (κ2) is 12.5. The van der Waals surface area contributed by atoms with Crippen LogP contribution in [-0.4, -0.2) is 109 Å². The fourth-order valence-corrected chi connectivity index (χ4v) is 3.80. The lowest BCUT2D eigenvalue weighted by atomic mass is 10.2. The number of nitrogens with zero attached hydrogens (tertiary/aromatic N) is 7. The van der Waals surface area contributed by atoms with Gasteiger partial charge in [-0.25, -0.2) is 0 Å². The third-order valence-electron chi connectivity index (χ3n) is 5.60. The van der Waals surface area contributed by atoms with Crippen LogP contribution in [0.1, 0.15) is 19.8 Å². The van der Waals surface area contributed by atoms with E-state index >= 15 is 0 Å². The fourth-order valence-electron chi connectivity index (χ4n) is 3.80. The molecule has 30 heavy (non-hydrogen) atoms. The summed E-state index contributed by atoms with van der Waals surface area (Å²) < 4.78 is 1.72. The Morgan fingerprint density at radius 1 is 1.13 bits per heavy atom. The summed E-state index contributed by atoms with van der Waals surface area (Å²) >= 11 is 0. The molecule has 9 nitrogen and oxygen atoms in total. The predicted molar refractivity (Wildman–Crippen MR) is 132 cm³/mol. The number of carbonyl (C=O) groups excluding carboxylic acids is 1. The molecule has 1 amide bonds. The van der Waals surface area contributed by atoms with Gasteiger partial charge < -0.3 is 24.9 Å². The maximum absolute atomic E-state index is 12.7. The van der Waals surface area contributed by atoms with Crippen LogP contribution in [0, 0.1) is 0 Å². The molecular weight excluding hydrogens is 495 g/mol. The molecule has 1 aromatic heterocycles. The molecular formula is C20H37IN8O. The number of rotatable bonds is 7. The minimum absolute atomic E-state index is 0. The van der Waals surface area contributed by atoms with E-state index in [-0.39, 0.29) is 29.9 Å². The number of halogens is 1. The summed E-state index contributed by atoms with van der Waals surface area (Å²) in [5.74, 6) is 0.941. The molecule has 1 aromatic rings. The molecule has 0 atom stereocenters. The Morgan fingerprint density at radius 2 is 1.90 bits per heavy atom. The number of aromatic nitrogens is 2. The summed E-state index contributed by atoms with van der Waals surface area (Å²) in [6, 6.07) is 0. The molecule has 0 saturated carbocycles. The topological polar surface area (TPSA) is 72.2 Å². The van der Waals surface area contributed by atoms with Gasteiger partial charge >= 0.3 is 0 Å². The van der Waals surface area contributed by atoms with Crippen molar-refractivity contribution in [3.8, 4) is 0 Å². The summed E-state index contributed by atoms with van der Waals surface area (Å²) in [5.41, 5.74) is 0.864. The SMILES string of the molecule is CCNC(=NCCCCN1CCN(C)CC1)N1CCN(c2cnn(C)c2)C(=O)C1.I. The van der Waals surface area contributed by atoms with Gasteiger partial charge in [-0.2, -0.15) is 5.10 Å². The molecule has 0 spiro atoms. The van der Waals surface area contributed by atoms with E-state index in [1.165, 1.54) is 32.6 Å². The molecule has 0 unspecified atom stereocenters. The number of amides is 1. The Bertz CT molecular complexity index is 686. The molecule has 10 heteroatoms. The normalized spacial score (nSPS) is 19.2. The first-order chi connectivity index (χ1) is 14.1. The van der Waals surface area contributed by atoms with Gasteiger partial charge in [-0.1, -0.05) is 0 Å². The average Bonchev–Trinajstić information content (AvgIpc) is 3.14. The van der Waals surface area contributed by atoms with Crippen LogP contribution in [-0.2, 0) is 11.8 Å².